The first-order valence-electron chi connectivity index (χ1n) is 6.36. The molecule has 1 saturated carbocycles. The van der Waals surface area contributed by atoms with Gasteiger partial charge in [0.2, 0.25) is 0 Å². The molecule has 0 aliphatic heterocycles. The van der Waals surface area contributed by atoms with Crippen LogP contribution >= 0.6 is 0 Å². The Morgan fingerprint density at radius 1 is 1.50 bits per heavy atom. The summed E-state index contributed by atoms with van der Waals surface area (Å²) in [7, 11) is 0. The number of hydrogen-bond donors (Lipinski definition) is 1. The summed E-state index contributed by atoms with van der Waals surface area (Å²) in [5.41, 5.74) is -0.766. The summed E-state index contributed by atoms with van der Waals surface area (Å²) in [6, 6.07) is 0. The second-order valence-corrected chi connectivity index (χ2v) is 4.42. The van der Waals surface area contributed by atoms with Crippen LogP contribution in [0.4, 0.5) is 8.78 Å². The fraction of sp³-hybridized carbons (Fsp3) is 0.917. The lowest BCUT2D eigenvalue weighted by Gasteiger charge is -2.27. The number of ether oxygens (including phenoxy) is 2. The van der Waals surface area contributed by atoms with Gasteiger partial charge in [0, 0.05) is 6.42 Å². The van der Waals surface area contributed by atoms with E-state index < -0.39 is 18.6 Å². The molecule has 0 aromatic carbocycles. The van der Waals surface area contributed by atoms with Crippen molar-refractivity contribution in [1.82, 2.24) is 5.32 Å². The average Bonchev–Trinajstić information content (AvgIpc) is 2.72. The van der Waals surface area contributed by atoms with E-state index in [0.717, 1.165) is 0 Å². The standard InChI is InChI=1S/C12H21F2NO3/c1-3-15-12(11(16)17-4-2)6-5-9(7-12)18-8-10(13)14/h9-10,15H,3-8H2,1-2H3. The second kappa shape index (κ2) is 6.99. The maximum absolute atomic E-state index is 12.1. The Bertz CT molecular complexity index is 276. The lowest BCUT2D eigenvalue weighted by Crippen LogP contribution is -2.51. The van der Waals surface area contributed by atoms with Crippen LogP contribution in [0.3, 0.4) is 0 Å². The molecule has 1 rings (SSSR count). The molecule has 0 saturated heterocycles. The van der Waals surface area contributed by atoms with Gasteiger partial charge in [-0.25, -0.2) is 8.78 Å². The van der Waals surface area contributed by atoms with Crippen molar-refractivity contribution in [2.24, 2.45) is 0 Å². The van der Waals surface area contributed by atoms with Crippen LogP contribution in [0, 0.1) is 0 Å². The van der Waals surface area contributed by atoms with E-state index in [-0.39, 0.29) is 12.1 Å². The van der Waals surface area contributed by atoms with E-state index in [1.807, 2.05) is 6.92 Å². The molecule has 0 radical (unpaired) electrons. The predicted octanol–water partition coefficient (Wildman–Crippen LogP) is 1.73. The first-order chi connectivity index (χ1) is 8.54. The summed E-state index contributed by atoms with van der Waals surface area (Å²) < 4.78 is 34.3. The van der Waals surface area contributed by atoms with Crippen LogP contribution in [0.15, 0.2) is 0 Å². The van der Waals surface area contributed by atoms with Gasteiger partial charge < -0.3 is 14.8 Å². The fourth-order valence-corrected chi connectivity index (χ4v) is 2.38. The molecule has 0 bridgehead atoms. The van der Waals surface area contributed by atoms with E-state index in [1.54, 1.807) is 6.92 Å². The van der Waals surface area contributed by atoms with Gasteiger partial charge in [-0.1, -0.05) is 6.92 Å². The minimum atomic E-state index is -2.47. The van der Waals surface area contributed by atoms with Gasteiger partial charge >= 0.3 is 5.97 Å². The van der Waals surface area contributed by atoms with Crippen molar-refractivity contribution in [2.75, 3.05) is 19.8 Å². The molecule has 6 heteroatoms. The molecular formula is C12H21F2NO3. The molecule has 0 aromatic heterocycles. The quantitative estimate of drug-likeness (QED) is 0.712. The van der Waals surface area contributed by atoms with Gasteiger partial charge in [0.25, 0.3) is 6.43 Å². The summed E-state index contributed by atoms with van der Waals surface area (Å²) in [6.07, 6.45) is -1.22. The zero-order valence-electron chi connectivity index (χ0n) is 10.9. The number of carbonyl (C=O) groups excluding carboxylic acids is 1. The molecule has 2 unspecified atom stereocenters. The predicted molar refractivity (Wildman–Crippen MR) is 62.6 cm³/mol. The SMILES string of the molecule is CCNC1(C(=O)OCC)CCC(OCC(F)F)C1. The van der Waals surface area contributed by atoms with Crippen molar-refractivity contribution in [2.45, 2.75) is 51.2 Å². The first kappa shape index (κ1) is 15.3. The summed E-state index contributed by atoms with van der Waals surface area (Å²) in [5.74, 6) is -0.310. The van der Waals surface area contributed by atoms with E-state index in [0.29, 0.717) is 32.4 Å². The van der Waals surface area contributed by atoms with Crippen molar-refractivity contribution in [3.8, 4) is 0 Å². The van der Waals surface area contributed by atoms with Gasteiger partial charge in [-0.2, -0.15) is 0 Å². The number of carbonyl (C=O) groups is 1. The van der Waals surface area contributed by atoms with Crippen LogP contribution in [0.25, 0.3) is 0 Å². The van der Waals surface area contributed by atoms with Crippen molar-refractivity contribution >= 4 is 5.97 Å². The number of nitrogens with one attached hydrogen (secondary N) is 1. The first-order valence-corrected chi connectivity index (χ1v) is 6.36. The molecule has 4 nitrogen and oxygen atoms in total. The molecule has 0 amide bonds. The summed E-state index contributed by atoms with van der Waals surface area (Å²) >= 11 is 0. The van der Waals surface area contributed by atoms with Crippen LogP contribution in [-0.4, -0.2) is 43.8 Å². The highest BCUT2D eigenvalue weighted by Gasteiger charge is 2.46. The van der Waals surface area contributed by atoms with Gasteiger partial charge in [0.15, 0.2) is 0 Å². The smallest absolute Gasteiger partial charge is 0.326 e. The Hall–Kier alpha value is -0.750. The summed E-state index contributed by atoms with van der Waals surface area (Å²) in [6.45, 7) is 4.01. The highest BCUT2D eigenvalue weighted by Crippen LogP contribution is 2.33. The van der Waals surface area contributed by atoms with Crippen LogP contribution in [0.1, 0.15) is 33.1 Å². The van der Waals surface area contributed by atoms with Crippen molar-refractivity contribution in [3.63, 3.8) is 0 Å². The van der Waals surface area contributed by atoms with Crippen molar-refractivity contribution < 1.29 is 23.0 Å². The number of rotatable bonds is 7. The van der Waals surface area contributed by atoms with Gasteiger partial charge in [0.05, 0.1) is 12.7 Å². The highest BCUT2D eigenvalue weighted by atomic mass is 19.3. The Kier molecular flexibility index (Phi) is 5.95. The molecule has 0 spiro atoms. The maximum atomic E-state index is 12.1. The van der Waals surface area contributed by atoms with E-state index in [4.69, 9.17) is 9.47 Å². The topological polar surface area (TPSA) is 47.6 Å². The Balaban J connectivity index is 2.57. The normalized spacial score (nSPS) is 27.7. The van der Waals surface area contributed by atoms with Gasteiger partial charge in [0.1, 0.15) is 12.1 Å². The molecular weight excluding hydrogens is 244 g/mol. The summed E-state index contributed by atoms with van der Waals surface area (Å²) in [4.78, 5) is 12.0. The van der Waals surface area contributed by atoms with Crippen LogP contribution in [0.2, 0.25) is 0 Å². The van der Waals surface area contributed by atoms with Crippen molar-refractivity contribution in [1.29, 1.82) is 0 Å². The molecule has 2 atom stereocenters. The Morgan fingerprint density at radius 3 is 2.78 bits per heavy atom. The molecule has 0 heterocycles. The second-order valence-electron chi connectivity index (χ2n) is 4.42. The zero-order chi connectivity index (χ0) is 13.6. The molecule has 18 heavy (non-hydrogen) atoms. The van der Waals surface area contributed by atoms with E-state index in [9.17, 15) is 13.6 Å². The van der Waals surface area contributed by atoms with Gasteiger partial charge in [-0.05, 0) is 26.3 Å². The molecule has 1 fully saturated rings. The molecule has 1 N–H and O–H groups in total. The van der Waals surface area contributed by atoms with Crippen LogP contribution in [0.5, 0.6) is 0 Å². The van der Waals surface area contributed by atoms with Gasteiger partial charge in [-0.3, -0.25) is 4.79 Å². The number of halogens is 2. The number of alkyl halides is 2. The number of hydrogen-bond acceptors (Lipinski definition) is 4. The Morgan fingerprint density at radius 2 is 2.22 bits per heavy atom. The molecule has 0 aromatic rings. The van der Waals surface area contributed by atoms with E-state index in [1.165, 1.54) is 0 Å². The summed E-state index contributed by atoms with van der Waals surface area (Å²) in [5, 5.41) is 3.12. The molecule has 1 aliphatic carbocycles. The minimum Gasteiger partial charge on any atom is -0.465 e. The minimum absolute atomic E-state index is 0.303. The van der Waals surface area contributed by atoms with Crippen molar-refractivity contribution in [3.05, 3.63) is 0 Å². The lowest BCUT2D eigenvalue weighted by molar-refractivity contribution is -0.151. The average molecular weight is 265 g/mol. The zero-order valence-corrected chi connectivity index (χ0v) is 10.9. The number of esters is 1. The third kappa shape index (κ3) is 3.88. The third-order valence-corrected chi connectivity index (χ3v) is 3.11. The van der Waals surface area contributed by atoms with Crippen LogP contribution < -0.4 is 5.32 Å². The highest BCUT2D eigenvalue weighted by molar-refractivity contribution is 5.81. The third-order valence-electron chi connectivity index (χ3n) is 3.11. The molecule has 1 aliphatic rings. The van der Waals surface area contributed by atoms with Gasteiger partial charge in [-0.15, -0.1) is 0 Å². The van der Waals surface area contributed by atoms with E-state index in [2.05, 4.69) is 5.32 Å². The Labute approximate surface area is 106 Å². The lowest BCUT2D eigenvalue weighted by atomic mass is 9.97. The van der Waals surface area contributed by atoms with Crippen LogP contribution in [-0.2, 0) is 14.3 Å². The van der Waals surface area contributed by atoms with E-state index >= 15 is 0 Å². The monoisotopic (exact) mass is 265 g/mol. The molecule has 106 valence electrons. The maximum Gasteiger partial charge on any atom is 0.326 e. The number of likely N-dealkylation sites (N-methyl/N-ethyl adjacent to an activating group) is 1. The largest absolute Gasteiger partial charge is 0.465 e. The fourth-order valence-electron chi connectivity index (χ4n) is 2.38.